The summed E-state index contributed by atoms with van der Waals surface area (Å²) in [5.74, 6) is 0.375. The number of fused-ring (bicyclic) bond motifs is 1. The minimum Gasteiger partial charge on any atom is -0.319 e. The van der Waals surface area contributed by atoms with E-state index in [0.717, 1.165) is 6.04 Å². The molecule has 0 fully saturated rings. The molecule has 61 valence electrons. The summed E-state index contributed by atoms with van der Waals surface area (Å²) in [5, 5.41) is 0. The normalized spacial score (nSPS) is 22.3. The second-order valence-electron chi connectivity index (χ2n) is 3.19. The van der Waals surface area contributed by atoms with E-state index in [9.17, 15) is 0 Å². The minimum absolute atomic E-state index is 0.375. The van der Waals surface area contributed by atoms with Crippen LogP contribution < -0.4 is 5.73 Å². The SMILES string of the molecule is CC1C=Cc2ccccc2[C]1N. The number of hydrogen-bond donors (Lipinski definition) is 1. The van der Waals surface area contributed by atoms with Crippen LogP contribution in [0, 0.1) is 12.0 Å². The van der Waals surface area contributed by atoms with E-state index in [1.807, 2.05) is 12.1 Å². The van der Waals surface area contributed by atoms with Gasteiger partial charge in [-0.3, -0.25) is 0 Å². The largest absolute Gasteiger partial charge is 0.319 e. The predicted molar refractivity (Wildman–Crippen MR) is 51.2 cm³/mol. The third-order valence-corrected chi connectivity index (χ3v) is 2.33. The first-order chi connectivity index (χ1) is 5.79. The highest BCUT2D eigenvalue weighted by Crippen LogP contribution is 2.28. The van der Waals surface area contributed by atoms with Crippen molar-refractivity contribution in [3.05, 3.63) is 47.5 Å². The molecule has 1 unspecified atom stereocenters. The molecule has 1 nitrogen and oxygen atoms in total. The molecule has 1 radical (unpaired) electrons. The van der Waals surface area contributed by atoms with E-state index in [-0.39, 0.29) is 0 Å². The fourth-order valence-corrected chi connectivity index (χ4v) is 1.50. The molecule has 0 saturated carbocycles. The molecule has 0 aliphatic heterocycles. The average Bonchev–Trinajstić information content (AvgIpc) is 2.12. The van der Waals surface area contributed by atoms with Gasteiger partial charge in [0.1, 0.15) is 0 Å². The van der Waals surface area contributed by atoms with E-state index in [0.29, 0.717) is 5.92 Å². The summed E-state index contributed by atoms with van der Waals surface area (Å²) >= 11 is 0. The van der Waals surface area contributed by atoms with Crippen molar-refractivity contribution >= 4 is 6.08 Å². The monoisotopic (exact) mass is 158 g/mol. The van der Waals surface area contributed by atoms with Crippen molar-refractivity contribution in [2.45, 2.75) is 6.92 Å². The molecule has 1 aliphatic carbocycles. The molecular weight excluding hydrogens is 146 g/mol. The van der Waals surface area contributed by atoms with E-state index < -0.39 is 0 Å². The zero-order valence-corrected chi connectivity index (χ0v) is 7.12. The fourth-order valence-electron chi connectivity index (χ4n) is 1.50. The second kappa shape index (κ2) is 2.76. The van der Waals surface area contributed by atoms with Gasteiger partial charge >= 0.3 is 0 Å². The zero-order chi connectivity index (χ0) is 8.55. The summed E-state index contributed by atoms with van der Waals surface area (Å²) in [7, 11) is 0. The first kappa shape index (κ1) is 7.56. The molecule has 1 aromatic rings. The first-order valence-electron chi connectivity index (χ1n) is 4.19. The van der Waals surface area contributed by atoms with Gasteiger partial charge in [0, 0.05) is 0 Å². The van der Waals surface area contributed by atoms with Crippen LogP contribution >= 0.6 is 0 Å². The van der Waals surface area contributed by atoms with Crippen molar-refractivity contribution in [2.24, 2.45) is 11.7 Å². The Balaban J connectivity index is 2.52. The highest BCUT2D eigenvalue weighted by molar-refractivity contribution is 5.61. The van der Waals surface area contributed by atoms with Gasteiger partial charge < -0.3 is 5.73 Å². The number of nitrogens with two attached hydrogens (primary N) is 1. The quantitative estimate of drug-likeness (QED) is 0.615. The molecule has 0 aromatic heterocycles. The molecule has 2 N–H and O–H groups in total. The Labute approximate surface area is 72.9 Å². The van der Waals surface area contributed by atoms with E-state index in [1.54, 1.807) is 0 Å². The van der Waals surface area contributed by atoms with Crippen molar-refractivity contribution in [2.75, 3.05) is 0 Å². The molecule has 1 heteroatoms. The molecule has 1 aliphatic rings. The third kappa shape index (κ3) is 1.07. The standard InChI is InChI=1S/C11H12N/c1-8-6-7-9-4-2-3-5-10(9)11(8)12/h2-8H,12H2,1H3. The van der Waals surface area contributed by atoms with Crippen LogP contribution in [0.4, 0.5) is 0 Å². The third-order valence-electron chi connectivity index (χ3n) is 2.33. The zero-order valence-electron chi connectivity index (χ0n) is 7.12. The highest BCUT2D eigenvalue weighted by Gasteiger charge is 2.18. The summed E-state index contributed by atoms with van der Waals surface area (Å²) in [6, 6.07) is 9.20. The smallest absolute Gasteiger partial charge is 0.0707 e. The molecule has 0 heterocycles. The maximum Gasteiger partial charge on any atom is 0.0707 e. The van der Waals surface area contributed by atoms with Crippen LogP contribution in [-0.4, -0.2) is 0 Å². The summed E-state index contributed by atoms with van der Waals surface area (Å²) in [5.41, 5.74) is 8.37. The molecule has 0 saturated heterocycles. The Hall–Kier alpha value is -1.08. The Bertz CT molecular complexity index is 315. The van der Waals surface area contributed by atoms with Crippen LogP contribution in [0.2, 0.25) is 0 Å². The lowest BCUT2D eigenvalue weighted by Gasteiger charge is -2.22. The lowest BCUT2D eigenvalue weighted by atomic mass is 9.87. The van der Waals surface area contributed by atoms with Crippen molar-refractivity contribution < 1.29 is 0 Å². The Morgan fingerprint density at radius 2 is 2.00 bits per heavy atom. The lowest BCUT2D eigenvalue weighted by Crippen LogP contribution is -2.21. The van der Waals surface area contributed by atoms with E-state index in [4.69, 9.17) is 5.73 Å². The van der Waals surface area contributed by atoms with Gasteiger partial charge in [-0.1, -0.05) is 43.3 Å². The molecule has 0 bridgehead atoms. The van der Waals surface area contributed by atoms with Crippen LogP contribution in [0.3, 0.4) is 0 Å². The number of rotatable bonds is 0. The molecule has 0 spiro atoms. The summed E-state index contributed by atoms with van der Waals surface area (Å²) in [6.45, 7) is 2.11. The minimum atomic E-state index is 0.375. The molecular formula is C11H12N. The van der Waals surface area contributed by atoms with E-state index in [1.165, 1.54) is 11.1 Å². The second-order valence-corrected chi connectivity index (χ2v) is 3.19. The van der Waals surface area contributed by atoms with E-state index >= 15 is 0 Å². The summed E-state index contributed by atoms with van der Waals surface area (Å²) < 4.78 is 0. The van der Waals surface area contributed by atoms with Gasteiger partial charge in [-0.05, 0) is 17.0 Å². The van der Waals surface area contributed by atoms with Crippen molar-refractivity contribution in [1.29, 1.82) is 0 Å². The van der Waals surface area contributed by atoms with Crippen LogP contribution in [0.15, 0.2) is 30.3 Å². The van der Waals surface area contributed by atoms with Crippen LogP contribution in [0.1, 0.15) is 18.1 Å². The molecule has 12 heavy (non-hydrogen) atoms. The van der Waals surface area contributed by atoms with Crippen molar-refractivity contribution in [3.63, 3.8) is 0 Å². The van der Waals surface area contributed by atoms with E-state index in [2.05, 4.69) is 31.2 Å². The lowest BCUT2D eigenvalue weighted by molar-refractivity contribution is 0.742. The van der Waals surface area contributed by atoms with Gasteiger partial charge in [0.2, 0.25) is 0 Å². The highest BCUT2D eigenvalue weighted by atomic mass is 14.6. The number of benzene rings is 1. The van der Waals surface area contributed by atoms with Gasteiger partial charge in [-0.15, -0.1) is 0 Å². The van der Waals surface area contributed by atoms with Crippen LogP contribution in [-0.2, 0) is 0 Å². The topological polar surface area (TPSA) is 26.0 Å². The molecule has 1 aromatic carbocycles. The first-order valence-corrected chi connectivity index (χ1v) is 4.19. The average molecular weight is 158 g/mol. The molecule has 2 rings (SSSR count). The van der Waals surface area contributed by atoms with Gasteiger partial charge in [-0.25, -0.2) is 0 Å². The van der Waals surface area contributed by atoms with Gasteiger partial charge in [0.05, 0.1) is 6.04 Å². The van der Waals surface area contributed by atoms with Crippen LogP contribution in [0.5, 0.6) is 0 Å². The Morgan fingerprint density at radius 1 is 1.25 bits per heavy atom. The molecule has 0 amide bonds. The number of hydrogen-bond acceptors (Lipinski definition) is 1. The summed E-state index contributed by atoms with van der Waals surface area (Å²) in [6.07, 6.45) is 4.27. The fraction of sp³-hybridized carbons (Fsp3) is 0.182. The van der Waals surface area contributed by atoms with Crippen LogP contribution in [0.25, 0.3) is 6.08 Å². The predicted octanol–water partition coefficient (Wildman–Crippen LogP) is 2.19. The summed E-state index contributed by atoms with van der Waals surface area (Å²) in [4.78, 5) is 0. The maximum atomic E-state index is 5.96. The van der Waals surface area contributed by atoms with Crippen molar-refractivity contribution in [3.8, 4) is 0 Å². The Morgan fingerprint density at radius 3 is 2.83 bits per heavy atom. The van der Waals surface area contributed by atoms with Crippen molar-refractivity contribution in [1.82, 2.24) is 0 Å². The Kier molecular flexibility index (Phi) is 1.74. The van der Waals surface area contributed by atoms with Gasteiger partial charge in [0.15, 0.2) is 0 Å². The molecule has 1 atom stereocenters. The van der Waals surface area contributed by atoms with Gasteiger partial charge in [-0.2, -0.15) is 0 Å². The van der Waals surface area contributed by atoms with Gasteiger partial charge in [0.25, 0.3) is 0 Å². The maximum absolute atomic E-state index is 5.96.